The van der Waals surface area contributed by atoms with Crippen molar-refractivity contribution in [2.45, 2.75) is 0 Å². The fourth-order valence-electron chi connectivity index (χ4n) is 3.82. The Morgan fingerprint density at radius 1 is 0.306 bits per heavy atom. The third-order valence-electron chi connectivity index (χ3n) is 5.55. The minimum atomic E-state index is -0.638. The highest BCUT2D eigenvalue weighted by Gasteiger charge is 2.26. The number of nitrogens with one attached hydrogen (secondary N) is 4. The van der Waals surface area contributed by atoms with Crippen LogP contribution in [-0.2, 0) is 0 Å². The molecule has 36 heavy (non-hydrogen) atoms. The molecule has 0 unspecified atom stereocenters. The summed E-state index contributed by atoms with van der Waals surface area (Å²) in [6, 6.07) is 36.4. The van der Waals surface area contributed by atoms with E-state index in [1.807, 2.05) is 72.8 Å². The number of para-hydroxylation sites is 4. The zero-order valence-corrected chi connectivity index (χ0v) is 19.3. The molecule has 5 rings (SSSR count). The van der Waals surface area contributed by atoms with Crippen LogP contribution in [0.3, 0.4) is 0 Å². The topological polar surface area (TPSA) is 48.1 Å². The van der Waals surface area contributed by atoms with Gasteiger partial charge in [-0.15, -0.1) is 0 Å². The Balaban J connectivity index is 1.70. The van der Waals surface area contributed by atoms with Gasteiger partial charge in [-0.3, -0.25) is 0 Å². The predicted molar refractivity (Wildman–Crippen MR) is 145 cm³/mol. The summed E-state index contributed by atoms with van der Waals surface area (Å²) in [7, 11) is 0. The summed E-state index contributed by atoms with van der Waals surface area (Å²) in [4.78, 5) is 0. The second kappa shape index (κ2) is 10.6. The molecule has 0 atom stereocenters. The van der Waals surface area contributed by atoms with Crippen LogP contribution in [0.4, 0.5) is 54.3 Å². The van der Waals surface area contributed by atoms with Gasteiger partial charge in [0.05, 0.1) is 0 Å². The monoisotopic (exact) mass is 478 g/mol. The first-order valence-corrected chi connectivity index (χ1v) is 11.5. The zero-order chi connectivity index (χ0) is 24.7. The predicted octanol–water partition coefficient (Wildman–Crippen LogP) is 8.94. The van der Waals surface area contributed by atoms with E-state index < -0.39 is 11.6 Å². The first kappa shape index (κ1) is 22.9. The average molecular weight is 479 g/mol. The van der Waals surface area contributed by atoms with E-state index in [-0.39, 0.29) is 22.7 Å². The van der Waals surface area contributed by atoms with Gasteiger partial charge < -0.3 is 21.3 Å². The highest BCUT2D eigenvalue weighted by atomic mass is 19.1. The lowest BCUT2D eigenvalue weighted by Crippen LogP contribution is -2.10. The van der Waals surface area contributed by atoms with Crippen LogP contribution >= 0.6 is 0 Å². The van der Waals surface area contributed by atoms with Gasteiger partial charge in [-0.1, -0.05) is 72.8 Å². The van der Waals surface area contributed by atoms with E-state index in [0.717, 1.165) is 0 Å². The van der Waals surface area contributed by atoms with E-state index in [1.54, 1.807) is 48.5 Å². The Labute approximate surface area is 208 Å². The van der Waals surface area contributed by atoms with E-state index >= 15 is 8.78 Å². The first-order chi connectivity index (χ1) is 17.7. The smallest absolute Gasteiger partial charge is 0.174 e. The van der Waals surface area contributed by atoms with Gasteiger partial charge >= 0.3 is 0 Å². The van der Waals surface area contributed by atoms with Crippen molar-refractivity contribution in [3.8, 4) is 0 Å². The minimum Gasteiger partial charge on any atom is -0.351 e. The van der Waals surface area contributed by atoms with Crippen molar-refractivity contribution >= 4 is 45.5 Å². The molecule has 178 valence electrons. The second-order valence-electron chi connectivity index (χ2n) is 8.09. The van der Waals surface area contributed by atoms with Crippen molar-refractivity contribution in [2.24, 2.45) is 0 Å². The van der Waals surface area contributed by atoms with Crippen LogP contribution in [0.1, 0.15) is 0 Å². The molecule has 0 aliphatic rings. The molecule has 0 spiro atoms. The maximum atomic E-state index is 16.4. The molecule has 0 aliphatic carbocycles. The average Bonchev–Trinajstić information content (AvgIpc) is 2.93. The molecule has 0 aromatic heterocycles. The zero-order valence-electron chi connectivity index (χ0n) is 19.3. The maximum Gasteiger partial charge on any atom is 0.174 e. The lowest BCUT2D eigenvalue weighted by atomic mass is 10.1. The van der Waals surface area contributed by atoms with Crippen LogP contribution in [-0.4, -0.2) is 0 Å². The lowest BCUT2D eigenvalue weighted by Gasteiger charge is -2.23. The molecule has 0 radical (unpaired) electrons. The Hall–Kier alpha value is -4.84. The van der Waals surface area contributed by atoms with Gasteiger partial charge in [0.1, 0.15) is 22.7 Å². The maximum absolute atomic E-state index is 16.4. The van der Waals surface area contributed by atoms with Gasteiger partial charge in [0.15, 0.2) is 11.6 Å². The molecule has 0 heterocycles. The van der Waals surface area contributed by atoms with E-state index in [2.05, 4.69) is 21.3 Å². The number of benzene rings is 5. The summed E-state index contributed by atoms with van der Waals surface area (Å²) in [6.45, 7) is 0. The number of hydrogen-bond acceptors (Lipinski definition) is 4. The molecular weight excluding hydrogens is 454 g/mol. The van der Waals surface area contributed by atoms with E-state index in [9.17, 15) is 0 Å². The van der Waals surface area contributed by atoms with Gasteiger partial charge in [-0.25, -0.2) is 8.78 Å². The molecule has 0 aliphatic heterocycles. The molecule has 5 aromatic rings. The minimum absolute atomic E-state index is 0.0143. The van der Waals surface area contributed by atoms with Gasteiger partial charge in [0.2, 0.25) is 0 Å². The largest absolute Gasteiger partial charge is 0.351 e. The summed E-state index contributed by atoms with van der Waals surface area (Å²) in [5.41, 5.74) is 2.45. The first-order valence-electron chi connectivity index (χ1n) is 11.5. The molecule has 5 aromatic carbocycles. The van der Waals surface area contributed by atoms with Crippen LogP contribution in [0.25, 0.3) is 0 Å². The molecule has 0 saturated heterocycles. The summed E-state index contributed by atoms with van der Waals surface area (Å²) in [5, 5.41) is 12.3. The number of halogens is 2. The summed E-state index contributed by atoms with van der Waals surface area (Å²) < 4.78 is 32.8. The molecule has 0 bridgehead atoms. The van der Waals surface area contributed by atoms with E-state index in [4.69, 9.17) is 0 Å². The van der Waals surface area contributed by atoms with Gasteiger partial charge in [0, 0.05) is 22.7 Å². The Morgan fingerprint density at radius 2 is 0.500 bits per heavy atom. The molecule has 0 fully saturated rings. The fourth-order valence-corrected chi connectivity index (χ4v) is 3.82. The SMILES string of the molecule is Fc1c(Nc2ccccc2)c(Nc2ccccc2)c(F)c(Nc2ccccc2)c1Nc1ccccc1. The second-order valence-corrected chi connectivity index (χ2v) is 8.09. The van der Waals surface area contributed by atoms with Gasteiger partial charge in [0.25, 0.3) is 0 Å². The van der Waals surface area contributed by atoms with Crippen molar-refractivity contribution in [1.82, 2.24) is 0 Å². The molecule has 6 heteroatoms. The third kappa shape index (κ3) is 5.13. The van der Waals surface area contributed by atoms with Crippen LogP contribution < -0.4 is 21.3 Å². The molecule has 0 amide bonds. The molecular formula is C30H24F2N4. The van der Waals surface area contributed by atoms with Crippen LogP contribution in [0.5, 0.6) is 0 Å². The van der Waals surface area contributed by atoms with Crippen LogP contribution in [0.2, 0.25) is 0 Å². The quantitative estimate of drug-likeness (QED) is 0.180. The summed E-state index contributed by atoms with van der Waals surface area (Å²) >= 11 is 0. The molecule has 4 nitrogen and oxygen atoms in total. The van der Waals surface area contributed by atoms with E-state index in [0.29, 0.717) is 22.7 Å². The van der Waals surface area contributed by atoms with Crippen LogP contribution in [0.15, 0.2) is 121 Å². The highest BCUT2D eigenvalue weighted by Crippen LogP contribution is 2.45. The summed E-state index contributed by atoms with van der Waals surface area (Å²) in [6.07, 6.45) is 0. The highest BCUT2D eigenvalue weighted by molar-refractivity contribution is 5.92. The number of hydrogen-bond donors (Lipinski definition) is 4. The fraction of sp³-hybridized carbons (Fsp3) is 0. The Bertz CT molecular complexity index is 1210. The van der Waals surface area contributed by atoms with E-state index in [1.165, 1.54) is 0 Å². The van der Waals surface area contributed by atoms with Crippen molar-refractivity contribution in [2.75, 3.05) is 21.3 Å². The van der Waals surface area contributed by atoms with Crippen molar-refractivity contribution in [1.29, 1.82) is 0 Å². The van der Waals surface area contributed by atoms with Crippen LogP contribution in [0, 0.1) is 11.6 Å². The Morgan fingerprint density at radius 3 is 0.694 bits per heavy atom. The van der Waals surface area contributed by atoms with Gasteiger partial charge in [-0.2, -0.15) is 0 Å². The number of anilines is 8. The number of rotatable bonds is 8. The van der Waals surface area contributed by atoms with Crippen molar-refractivity contribution in [3.63, 3.8) is 0 Å². The third-order valence-corrected chi connectivity index (χ3v) is 5.55. The van der Waals surface area contributed by atoms with Crippen molar-refractivity contribution in [3.05, 3.63) is 133 Å². The summed E-state index contributed by atoms with van der Waals surface area (Å²) in [5.74, 6) is -1.28. The van der Waals surface area contributed by atoms with Crippen molar-refractivity contribution < 1.29 is 8.78 Å². The standard InChI is InChI=1S/C30H24F2N4/c31-25-27(33-21-13-5-1-6-14-21)28(34-22-15-7-2-8-16-22)26(32)30(36-24-19-11-4-12-20-24)29(25)35-23-17-9-3-10-18-23/h1-20,33-36H. The lowest BCUT2D eigenvalue weighted by molar-refractivity contribution is 0.614. The van der Waals surface area contributed by atoms with Gasteiger partial charge in [-0.05, 0) is 48.5 Å². The normalized spacial score (nSPS) is 10.5. The Kier molecular flexibility index (Phi) is 6.76. The molecule has 0 saturated carbocycles. The molecule has 4 N–H and O–H groups in total.